The lowest BCUT2D eigenvalue weighted by Gasteiger charge is -2.23. The van der Waals surface area contributed by atoms with Crippen molar-refractivity contribution in [3.63, 3.8) is 0 Å². The summed E-state index contributed by atoms with van der Waals surface area (Å²) in [6.07, 6.45) is 2.18. The van der Waals surface area contributed by atoms with Crippen molar-refractivity contribution >= 4 is 12.4 Å². The summed E-state index contributed by atoms with van der Waals surface area (Å²) >= 11 is 0. The van der Waals surface area contributed by atoms with Crippen LogP contribution >= 0.6 is 12.4 Å². The molecule has 2 rings (SSSR count). The maximum Gasteiger partial charge on any atom is 0.165 e. The molecule has 0 radical (unpaired) electrons. The average molecular weight is 260 g/mol. The number of hydrogen-bond acceptors (Lipinski definition) is 2. The van der Waals surface area contributed by atoms with Crippen LogP contribution in [0.15, 0.2) is 18.2 Å². The van der Waals surface area contributed by atoms with Crippen LogP contribution in [-0.4, -0.2) is 19.7 Å². The van der Waals surface area contributed by atoms with Gasteiger partial charge in [-0.3, -0.25) is 0 Å². The highest BCUT2D eigenvalue weighted by atomic mass is 35.5. The van der Waals surface area contributed by atoms with Crippen molar-refractivity contribution in [2.45, 2.75) is 25.7 Å². The predicted molar refractivity (Wildman–Crippen MR) is 69.7 cm³/mol. The van der Waals surface area contributed by atoms with E-state index in [-0.39, 0.29) is 18.2 Å². The first-order valence-electron chi connectivity index (χ1n) is 5.94. The fourth-order valence-corrected chi connectivity index (χ4v) is 2.20. The lowest BCUT2D eigenvalue weighted by atomic mass is 9.90. The molecule has 0 unspecified atom stereocenters. The van der Waals surface area contributed by atoms with Gasteiger partial charge in [0, 0.05) is 0 Å². The maximum absolute atomic E-state index is 13.7. The maximum atomic E-state index is 13.7. The van der Waals surface area contributed by atoms with Gasteiger partial charge in [-0.2, -0.15) is 0 Å². The lowest BCUT2D eigenvalue weighted by molar-refractivity contribution is 0.321. The number of rotatable bonds is 3. The highest BCUT2D eigenvalue weighted by Crippen LogP contribution is 2.28. The van der Waals surface area contributed by atoms with E-state index < -0.39 is 0 Å². The Labute approximate surface area is 108 Å². The van der Waals surface area contributed by atoms with Crippen molar-refractivity contribution < 1.29 is 9.13 Å². The molecular formula is C13H19ClFNO. The second-order valence-electron chi connectivity index (χ2n) is 4.15. The molecule has 0 aromatic heterocycles. The van der Waals surface area contributed by atoms with E-state index in [0.29, 0.717) is 18.3 Å². The molecule has 0 aliphatic carbocycles. The zero-order valence-corrected chi connectivity index (χ0v) is 10.9. The first kappa shape index (κ1) is 14.3. The molecule has 0 bridgehead atoms. The first-order valence-corrected chi connectivity index (χ1v) is 5.94. The molecule has 0 spiro atoms. The van der Waals surface area contributed by atoms with E-state index in [1.807, 2.05) is 13.0 Å². The Balaban J connectivity index is 0.00000144. The Morgan fingerprint density at radius 2 is 2.06 bits per heavy atom. The van der Waals surface area contributed by atoms with Crippen LogP contribution in [0, 0.1) is 5.82 Å². The van der Waals surface area contributed by atoms with Gasteiger partial charge in [-0.25, -0.2) is 4.39 Å². The minimum absolute atomic E-state index is 0. The van der Waals surface area contributed by atoms with Crippen LogP contribution in [0.2, 0.25) is 0 Å². The molecule has 1 aliphatic heterocycles. The zero-order chi connectivity index (χ0) is 11.4. The minimum atomic E-state index is -0.238. The van der Waals surface area contributed by atoms with Gasteiger partial charge in [0.15, 0.2) is 11.6 Å². The van der Waals surface area contributed by atoms with Crippen LogP contribution in [-0.2, 0) is 0 Å². The molecule has 0 amide bonds. The third-order valence-electron chi connectivity index (χ3n) is 3.07. The quantitative estimate of drug-likeness (QED) is 0.901. The summed E-state index contributed by atoms with van der Waals surface area (Å²) in [5, 5.41) is 3.31. The van der Waals surface area contributed by atoms with Gasteiger partial charge >= 0.3 is 0 Å². The zero-order valence-electron chi connectivity index (χ0n) is 10.0. The van der Waals surface area contributed by atoms with Crippen molar-refractivity contribution in [2.24, 2.45) is 0 Å². The van der Waals surface area contributed by atoms with E-state index in [0.717, 1.165) is 31.5 Å². The molecule has 1 heterocycles. The van der Waals surface area contributed by atoms with Crippen LogP contribution in [0.1, 0.15) is 31.2 Å². The van der Waals surface area contributed by atoms with Gasteiger partial charge in [0.2, 0.25) is 0 Å². The Bertz CT molecular complexity index is 353. The second kappa shape index (κ2) is 6.82. The van der Waals surface area contributed by atoms with Crippen molar-refractivity contribution in [3.05, 3.63) is 29.6 Å². The highest BCUT2D eigenvalue weighted by Gasteiger charge is 2.16. The number of halogens is 2. The summed E-state index contributed by atoms with van der Waals surface area (Å²) in [7, 11) is 0. The standard InChI is InChI=1S/C13H18FNO.ClH/c1-2-16-13-4-3-11(9-12(13)14)10-5-7-15-8-6-10;/h3-4,9-10,15H,2,5-8H2,1H3;1H. The third kappa shape index (κ3) is 3.58. The molecule has 17 heavy (non-hydrogen) atoms. The van der Waals surface area contributed by atoms with E-state index in [9.17, 15) is 4.39 Å². The monoisotopic (exact) mass is 259 g/mol. The summed E-state index contributed by atoms with van der Waals surface area (Å²) < 4.78 is 18.8. The molecule has 0 atom stereocenters. The van der Waals surface area contributed by atoms with Gasteiger partial charge in [0.1, 0.15) is 0 Å². The van der Waals surface area contributed by atoms with Gasteiger partial charge in [0.05, 0.1) is 6.61 Å². The van der Waals surface area contributed by atoms with Crippen molar-refractivity contribution in [2.75, 3.05) is 19.7 Å². The smallest absolute Gasteiger partial charge is 0.165 e. The summed E-state index contributed by atoms with van der Waals surface area (Å²) in [6, 6.07) is 5.36. The average Bonchev–Trinajstić information content (AvgIpc) is 2.33. The molecule has 1 aromatic carbocycles. The van der Waals surface area contributed by atoms with Crippen LogP contribution in [0.25, 0.3) is 0 Å². The third-order valence-corrected chi connectivity index (χ3v) is 3.07. The van der Waals surface area contributed by atoms with E-state index in [1.54, 1.807) is 12.1 Å². The summed E-state index contributed by atoms with van der Waals surface area (Å²) in [6.45, 7) is 4.42. The molecule has 2 nitrogen and oxygen atoms in total. The molecule has 1 aliphatic rings. The molecule has 4 heteroatoms. The number of ether oxygens (including phenoxy) is 1. The second-order valence-corrected chi connectivity index (χ2v) is 4.15. The largest absolute Gasteiger partial charge is 0.491 e. The van der Waals surface area contributed by atoms with E-state index in [4.69, 9.17) is 4.74 Å². The van der Waals surface area contributed by atoms with E-state index >= 15 is 0 Å². The van der Waals surface area contributed by atoms with E-state index in [1.165, 1.54) is 0 Å². The van der Waals surface area contributed by atoms with Crippen molar-refractivity contribution in [1.82, 2.24) is 5.32 Å². The van der Waals surface area contributed by atoms with E-state index in [2.05, 4.69) is 5.32 Å². The first-order chi connectivity index (χ1) is 7.81. The summed E-state index contributed by atoms with van der Waals surface area (Å²) in [5.41, 5.74) is 1.10. The van der Waals surface area contributed by atoms with Crippen molar-refractivity contribution in [1.29, 1.82) is 0 Å². The predicted octanol–water partition coefficient (Wildman–Crippen LogP) is 3.11. The van der Waals surface area contributed by atoms with Crippen LogP contribution in [0.5, 0.6) is 5.75 Å². The number of hydrogen-bond donors (Lipinski definition) is 1. The Hall–Kier alpha value is -0.800. The number of benzene rings is 1. The van der Waals surface area contributed by atoms with Crippen molar-refractivity contribution in [3.8, 4) is 5.75 Å². The van der Waals surface area contributed by atoms with Crippen LogP contribution in [0.3, 0.4) is 0 Å². The van der Waals surface area contributed by atoms with Gasteiger partial charge < -0.3 is 10.1 Å². The lowest BCUT2D eigenvalue weighted by Crippen LogP contribution is -2.26. The molecule has 1 aromatic rings. The van der Waals surface area contributed by atoms with Gasteiger partial charge in [-0.05, 0) is 56.5 Å². The molecule has 1 saturated heterocycles. The molecule has 1 N–H and O–H groups in total. The molecule has 1 fully saturated rings. The number of piperidine rings is 1. The summed E-state index contributed by atoms with van der Waals surface area (Å²) in [5.74, 6) is 0.615. The van der Waals surface area contributed by atoms with Gasteiger partial charge in [-0.1, -0.05) is 6.07 Å². The summed E-state index contributed by atoms with van der Waals surface area (Å²) in [4.78, 5) is 0. The van der Waals surface area contributed by atoms with Crippen LogP contribution < -0.4 is 10.1 Å². The molecular weight excluding hydrogens is 241 g/mol. The topological polar surface area (TPSA) is 21.3 Å². The SMILES string of the molecule is CCOc1ccc(C2CCNCC2)cc1F.Cl. The fourth-order valence-electron chi connectivity index (χ4n) is 2.20. The molecule has 0 saturated carbocycles. The molecule has 96 valence electrons. The Kier molecular flexibility index (Phi) is 5.72. The van der Waals surface area contributed by atoms with Crippen LogP contribution in [0.4, 0.5) is 4.39 Å². The van der Waals surface area contributed by atoms with Gasteiger partial charge in [-0.15, -0.1) is 12.4 Å². The number of nitrogens with one attached hydrogen (secondary N) is 1. The fraction of sp³-hybridized carbons (Fsp3) is 0.538. The normalized spacial score (nSPS) is 16.4. The Morgan fingerprint density at radius 3 is 2.65 bits per heavy atom. The van der Waals surface area contributed by atoms with Gasteiger partial charge in [0.25, 0.3) is 0 Å². The minimum Gasteiger partial charge on any atom is -0.491 e. The highest BCUT2D eigenvalue weighted by molar-refractivity contribution is 5.85. The Morgan fingerprint density at radius 1 is 1.35 bits per heavy atom.